The number of carbonyl (C=O) groups excluding carboxylic acids is 3. The quantitative estimate of drug-likeness (QED) is 0.735. The van der Waals surface area contributed by atoms with Gasteiger partial charge in [-0.1, -0.05) is 11.6 Å². The third-order valence-electron chi connectivity index (χ3n) is 4.68. The number of piperazine rings is 1. The van der Waals surface area contributed by atoms with Crippen LogP contribution in [0.2, 0.25) is 5.02 Å². The first kappa shape index (κ1) is 18.5. The highest BCUT2D eigenvalue weighted by atomic mass is 35.5. The van der Waals surface area contributed by atoms with Gasteiger partial charge in [0.1, 0.15) is 12.4 Å². The predicted molar refractivity (Wildman–Crippen MR) is 93.9 cm³/mol. The molecule has 1 aromatic rings. The van der Waals surface area contributed by atoms with Crippen molar-refractivity contribution in [2.24, 2.45) is 5.92 Å². The summed E-state index contributed by atoms with van der Waals surface area (Å²) in [5.41, 5.74) is 0.859. The van der Waals surface area contributed by atoms with Crippen molar-refractivity contribution in [1.82, 2.24) is 9.80 Å². The molecule has 1 saturated heterocycles. The molecule has 0 spiro atoms. The maximum absolute atomic E-state index is 12.3. The molecule has 1 atom stereocenters. The summed E-state index contributed by atoms with van der Waals surface area (Å²) in [6, 6.07) is 5.29. The lowest BCUT2D eigenvalue weighted by molar-refractivity contribution is -0.157. The Morgan fingerprint density at radius 3 is 2.58 bits per heavy atom. The van der Waals surface area contributed by atoms with Crippen LogP contribution in [0.4, 0.5) is 0 Å². The number of rotatable bonds is 3. The van der Waals surface area contributed by atoms with Crippen LogP contribution in [0.25, 0.3) is 0 Å². The molecule has 0 aliphatic carbocycles. The van der Waals surface area contributed by atoms with E-state index in [2.05, 4.69) is 0 Å². The topological polar surface area (TPSA) is 76.2 Å². The van der Waals surface area contributed by atoms with Crippen LogP contribution in [-0.4, -0.2) is 67.0 Å². The van der Waals surface area contributed by atoms with Crippen molar-refractivity contribution >= 4 is 29.4 Å². The van der Waals surface area contributed by atoms with E-state index in [0.29, 0.717) is 37.6 Å². The molecule has 2 aliphatic heterocycles. The van der Waals surface area contributed by atoms with Crippen molar-refractivity contribution < 1.29 is 23.9 Å². The second-order valence-corrected chi connectivity index (χ2v) is 6.90. The van der Waals surface area contributed by atoms with Gasteiger partial charge in [-0.05, 0) is 30.2 Å². The number of hydrogen-bond donors (Lipinski definition) is 0. The van der Waals surface area contributed by atoms with Crippen LogP contribution >= 0.6 is 11.6 Å². The van der Waals surface area contributed by atoms with Crippen molar-refractivity contribution in [1.29, 1.82) is 0 Å². The highest BCUT2D eigenvalue weighted by Crippen LogP contribution is 2.30. The summed E-state index contributed by atoms with van der Waals surface area (Å²) in [6.07, 6.45) is 0.472. The van der Waals surface area contributed by atoms with E-state index in [9.17, 15) is 14.4 Å². The number of amides is 2. The largest absolute Gasteiger partial charge is 0.492 e. The molecular formula is C18H21ClN2O5. The second-order valence-electron chi connectivity index (χ2n) is 6.46. The fourth-order valence-electron chi connectivity index (χ4n) is 3.13. The molecule has 0 N–H and O–H groups in total. The lowest BCUT2D eigenvalue weighted by Crippen LogP contribution is -2.51. The standard InChI is InChI=1S/C18H21ClN2O5/c1-12(22)20-4-6-21(7-5-20)17(23)11-26-18(24)14-8-13-9-15(19)2-3-16(13)25-10-14/h2-3,9,14H,4-8,10-11H2,1H3/t14-/m1/s1. The fourth-order valence-corrected chi connectivity index (χ4v) is 3.32. The van der Waals surface area contributed by atoms with Gasteiger partial charge in [-0.3, -0.25) is 14.4 Å². The number of carbonyl (C=O) groups is 3. The number of benzene rings is 1. The first-order chi connectivity index (χ1) is 12.4. The summed E-state index contributed by atoms with van der Waals surface area (Å²) in [6.45, 7) is 3.35. The van der Waals surface area contributed by atoms with Crippen molar-refractivity contribution in [3.8, 4) is 5.75 Å². The van der Waals surface area contributed by atoms with Crippen molar-refractivity contribution in [3.05, 3.63) is 28.8 Å². The van der Waals surface area contributed by atoms with Crippen LogP contribution in [-0.2, 0) is 25.5 Å². The average Bonchev–Trinajstić information content (AvgIpc) is 2.65. The second kappa shape index (κ2) is 7.95. The first-order valence-corrected chi connectivity index (χ1v) is 8.93. The molecule has 2 aliphatic rings. The van der Waals surface area contributed by atoms with Crippen molar-refractivity contribution in [2.45, 2.75) is 13.3 Å². The van der Waals surface area contributed by atoms with E-state index in [1.165, 1.54) is 6.92 Å². The summed E-state index contributed by atoms with van der Waals surface area (Å²) < 4.78 is 10.8. The summed E-state index contributed by atoms with van der Waals surface area (Å²) >= 11 is 5.98. The van der Waals surface area contributed by atoms with Gasteiger partial charge in [-0.25, -0.2) is 0 Å². The Hall–Kier alpha value is -2.28. The molecule has 8 heteroatoms. The van der Waals surface area contributed by atoms with Gasteiger partial charge in [-0.15, -0.1) is 0 Å². The number of fused-ring (bicyclic) bond motifs is 1. The lowest BCUT2D eigenvalue weighted by Gasteiger charge is -2.34. The number of ether oxygens (including phenoxy) is 2. The van der Waals surface area contributed by atoms with Gasteiger partial charge in [-0.2, -0.15) is 0 Å². The van der Waals surface area contributed by atoms with Gasteiger partial charge in [0.15, 0.2) is 6.61 Å². The molecular weight excluding hydrogens is 360 g/mol. The Bertz CT molecular complexity index is 716. The van der Waals surface area contributed by atoms with Crippen molar-refractivity contribution in [2.75, 3.05) is 39.4 Å². The molecule has 2 amide bonds. The van der Waals surface area contributed by atoms with Gasteiger partial charge < -0.3 is 19.3 Å². The number of nitrogens with zero attached hydrogens (tertiary/aromatic N) is 2. The molecule has 1 fully saturated rings. The van der Waals surface area contributed by atoms with Gasteiger partial charge >= 0.3 is 5.97 Å². The molecule has 0 aromatic heterocycles. The molecule has 0 radical (unpaired) electrons. The Morgan fingerprint density at radius 1 is 1.19 bits per heavy atom. The minimum absolute atomic E-state index is 0.00112. The van der Waals surface area contributed by atoms with Gasteiger partial charge in [0, 0.05) is 38.1 Å². The molecule has 0 bridgehead atoms. The Balaban J connectivity index is 1.47. The average molecular weight is 381 g/mol. The van der Waals surface area contributed by atoms with Crippen LogP contribution in [0.15, 0.2) is 18.2 Å². The molecule has 3 rings (SSSR count). The predicted octanol–water partition coefficient (Wildman–Crippen LogP) is 1.13. The summed E-state index contributed by atoms with van der Waals surface area (Å²) in [7, 11) is 0. The first-order valence-electron chi connectivity index (χ1n) is 8.55. The number of halogens is 1. The molecule has 140 valence electrons. The molecule has 1 aromatic carbocycles. The van der Waals surface area contributed by atoms with Crippen LogP contribution in [0.5, 0.6) is 5.75 Å². The van der Waals surface area contributed by atoms with E-state index in [1.807, 2.05) is 0 Å². The highest BCUT2D eigenvalue weighted by Gasteiger charge is 2.29. The monoisotopic (exact) mass is 380 g/mol. The molecule has 7 nitrogen and oxygen atoms in total. The third-order valence-corrected chi connectivity index (χ3v) is 4.91. The van der Waals surface area contributed by atoms with E-state index >= 15 is 0 Å². The van der Waals surface area contributed by atoms with Gasteiger partial charge in [0.25, 0.3) is 5.91 Å². The Kier molecular flexibility index (Phi) is 5.66. The van der Waals surface area contributed by atoms with E-state index < -0.39 is 11.9 Å². The van der Waals surface area contributed by atoms with Crippen LogP contribution in [0, 0.1) is 5.92 Å². The maximum atomic E-state index is 12.3. The van der Waals surface area contributed by atoms with Crippen LogP contribution < -0.4 is 4.74 Å². The maximum Gasteiger partial charge on any atom is 0.313 e. The minimum Gasteiger partial charge on any atom is -0.492 e. The third kappa shape index (κ3) is 4.27. The smallest absolute Gasteiger partial charge is 0.313 e. The fraction of sp³-hybridized carbons (Fsp3) is 0.500. The molecule has 0 unspecified atom stereocenters. The Morgan fingerprint density at radius 2 is 1.88 bits per heavy atom. The normalized spacial score (nSPS) is 19.4. The van der Waals surface area contributed by atoms with E-state index in [0.717, 1.165) is 11.3 Å². The highest BCUT2D eigenvalue weighted by molar-refractivity contribution is 6.30. The Labute approximate surface area is 156 Å². The van der Waals surface area contributed by atoms with E-state index in [1.54, 1.807) is 28.0 Å². The molecule has 0 saturated carbocycles. The summed E-state index contributed by atoms with van der Waals surface area (Å²) in [5.74, 6) is -0.435. The van der Waals surface area contributed by atoms with Gasteiger partial charge in [0.2, 0.25) is 5.91 Å². The van der Waals surface area contributed by atoms with Crippen molar-refractivity contribution in [3.63, 3.8) is 0 Å². The lowest BCUT2D eigenvalue weighted by atomic mass is 9.97. The zero-order valence-corrected chi connectivity index (χ0v) is 15.3. The summed E-state index contributed by atoms with van der Waals surface area (Å²) in [4.78, 5) is 39.1. The molecule has 26 heavy (non-hydrogen) atoms. The minimum atomic E-state index is -0.455. The zero-order chi connectivity index (χ0) is 18.7. The molecule has 2 heterocycles. The SMILES string of the molecule is CC(=O)N1CCN(C(=O)COC(=O)[C@H]2COc3ccc(Cl)cc3C2)CC1. The number of esters is 1. The zero-order valence-electron chi connectivity index (χ0n) is 14.6. The van der Waals surface area contributed by atoms with Crippen LogP contribution in [0.1, 0.15) is 12.5 Å². The number of hydrogen-bond acceptors (Lipinski definition) is 5. The van der Waals surface area contributed by atoms with E-state index in [-0.39, 0.29) is 25.0 Å². The van der Waals surface area contributed by atoms with E-state index in [4.69, 9.17) is 21.1 Å². The summed E-state index contributed by atoms with van der Waals surface area (Å²) in [5, 5.41) is 0.584. The van der Waals surface area contributed by atoms with Crippen LogP contribution in [0.3, 0.4) is 0 Å². The van der Waals surface area contributed by atoms with Gasteiger partial charge in [0.05, 0.1) is 5.92 Å².